The molecular weight excluding hydrogens is 282 g/mol. The van der Waals surface area contributed by atoms with Crippen LogP contribution < -0.4 is 5.73 Å². The first-order valence-corrected chi connectivity index (χ1v) is 7.62. The van der Waals surface area contributed by atoms with E-state index >= 15 is 0 Å². The van der Waals surface area contributed by atoms with Crippen molar-refractivity contribution in [1.82, 2.24) is 0 Å². The van der Waals surface area contributed by atoms with Crippen molar-refractivity contribution in [2.24, 2.45) is 11.1 Å². The summed E-state index contributed by atoms with van der Waals surface area (Å²) >= 11 is 6.32. The first-order valence-electron chi connectivity index (χ1n) is 7.24. The Hall–Kier alpha value is -1.35. The van der Waals surface area contributed by atoms with Crippen LogP contribution in [0.5, 0.6) is 0 Å². The first kappa shape index (κ1) is 14.6. The molecule has 1 atom stereocenters. The molecule has 2 aromatic rings. The van der Waals surface area contributed by atoms with E-state index in [1.807, 2.05) is 43.3 Å². The Morgan fingerprint density at radius 1 is 1.10 bits per heavy atom. The summed E-state index contributed by atoms with van der Waals surface area (Å²) in [5.74, 6) is 0. The average molecular weight is 302 g/mol. The maximum atomic E-state index is 11.3. The molecule has 2 nitrogen and oxygen atoms in total. The molecule has 2 aromatic carbocycles. The lowest BCUT2D eigenvalue weighted by Gasteiger charge is -2.43. The predicted octanol–water partition coefficient (Wildman–Crippen LogP) is 3.29. The fourth-order valence-electron chi connectivity index (χ4n) is 3.52. The molecule has 0 fully saturated rings. The number of nitrogens with two attached hydrogens (primary N) is 1. The second-order valence-electron chi connectivity index (χ2n) is 6.16. The lowest BCUT2D eigenvalue weighted by atomic mass is 9.67. The van der Waals surface area contributed by atoms with Gasteiger partial charge in [0.25, 0.3) is 0 Å². The van der Waals surface area contributed by atoms with E-state index in [4.69, 9.17) is 17.3 Å². The Labute approximate surface area is 130 Å². The largest absolute Gasteiger partial charge is 0.385 e. The van der Waals surface area contributed by atoms with Crippen LogP contribution in [0.3, 0.4) is 0 Å². The monoisotopic (exact) mass is 301 g/mol. The summed E-state index contributed by atoms with van der Waals surface area (Å²) in [6, 6.07) is 15.8. The Morgan fingerprint density at radius 3 is 2.14 bits per heavy atom. The van der Waals surface area contributed by atoms with Crippen LogP contribution in [-0.4, -0.2) is 11.7 Å². The van der Waals surface area contributed by atoms with Crippen LogP contribution >= 0.6 is 11.6 Å². The fraction of sp³-hybridized carbons (Fsp3) is 0.333. The van der Waals surface area contributed by atoms with Gasteiger partial charge in [0.2, 0.25) is 0 Å². The van der Waals surface area contributed by atoms with Gasteiger partial charge < -0.3 is 10.8 Å². The number of aliphatic hydroxyl groups is 1. The summed E-state index contributed by atoms with van der Waals surface area (Å²) < 4.78 is 0. The summed E-state index contributed by atoms with van der Waals surface area (Å²) in [5, 5.41) is 11.9. The molecule has 0 aromatic heterocycles. The Morgan fingerprint density at radius 2 is 1.62 bits per heavy atom. The number of halogens is 1. The SMILES string of the molecule is CC(O)(c1ccccc1Cl)C1(CN)Cc2ccccc2C1. The van der Waals surface area contributed by atoms with Crippen LogP contribution in [0, 0.1) is 5.41 Å². The molecular formula is C18H20ClNO. The maximum Gasteiger partial charge on any atom is 0.0957 e. The summed E-state index contributed by atoms with van der Waals surface area (Å²) in [7, 11) is 0. The second-order valence-corrected chi connectivity index (χ2v) is 6.57. The molecule has 1 aliphatic rings. The molecule has 0 saturated heterocycles. The van der Waals surface area contributed by atoms with E-state index in [0.717, 1.165) is 18.4 Å². The third-order valence-corrected chi connectivity index (χ3v) is 5.33. The smallest absolute Gasteiger partial charge is 0.0957 e. The van der Waals surface area contributed by atoms with Crippen molar-refractivity contribution in [3.63, 3.8) is 0 Å². The molecule has 3 N–H and O–H groups in total. The van der Waals surface area contributed by atoms with E-state index in [9.17, 15) is 5.11 Å². The standard InChI is InChI=1S/C18H20ClNO/c1-17(21,15-8-4-5-9-16(15)19)18(12-20)10-13-6-2-3-7-14(13)11-18/h2-9,21H,10-12,20H2,1H3. The van der Waals surface area contributed by atoms with Crippen LogP contribution in [-0.2, 0) is 18.4 Å². The van der Waals surface area contributed by atoms with Gasteiger partial charge in [-0.15, -0.1) is 0 Å². The Bertz CT molecular complexity index is 641. The highest BCUT2D eigenvalue weighted by molar-refractivity contribution is 6.31. The Kier molecular flexibility index (Phi) is 3.56. The highest BCUT2D eigenvalue weighted by Crippen LogP contribution is 2.50. The number of fused-ring (bicyclic) bond motifs is 1. The van der Waals surface area contributed by atoms with Crippen molar-refractivity contribution in [1.29, 1.82) is 0 Å². The van der Waals surface area contributed by atoms with Crippen molar-refractivity contribution < 1.29 is 5.11 Å². The maximum absolute atomic E-state index is 11.3. The van der Waals surface area contributed by atoms with Gasteiger partial charge in [-0.2, -0.15) is 0 Å². The molecule has 21 heavy (non-hydrogen) atoms. The fourth-order valence-corrected chi connectivity index (χ4v) is 3.84. The zero-order chi connectivity index (χ0) is 15.1. The molecule has 1 aliphatic carbocycles. The molecule has 0 amide bonds. The summed E-state index contributed by atoms with van der Waals surface area (Å²) in [4.78, 5) is 0. The van der Waals surface area contributed by atoms with Gasteiger partial charge in [0.15, 0.2) is 0 Å². The predicted molar refractivity (Wildman–Crippen MR) is 86.4 cm³/mol. The van der Waals surface area contributed by atoms with Gasteiger partial charge in [-0.05, 0) is 37.0 Å². The van der Waals surface area contributed by atoms with Crippen LogP contribution in [0.15, 0.2) is 48.5 Å². The number of hydrogen-bond acceptors (Lipinski definition) is 2. The summed E-state index contributed by atoms with van der Waals surface area (Å²) in [6.45, 7) is 2.26. The molecule has 110 valence electrons. The minimum absolute atomic E-state index is 0.415. The van der Waals surface area contributed by atoms with Gasteiger partial charge >= 0.3 is 0 Å². The van der Waals surface area contributed by atoms with Crippen molar-refractivity contribution >= 4 is 11.6 Å². The highest BCUT2D eigenvalue weighted by atomic mass is 35.5. The zero-order valence-corrected chi connectivity index (χ0v) is 12.9. The summed E-state index contributed by atoms with van der Waals surface area (Å²) in [5.41, 5.74) is 7.93. The van der Waals surface area contributed by atoms with Crippen molar-refractivity contribution in [3.05, 3.63) is 70.2 Å². The van der Waals surface area contributed by atoms with Crippen molar-refractivity contribution in [2.75, 3.05) is 6.54 Å². The number of hydrogen-bond donors (Lipinski definition) is 2. The van der Waals surface area contributed by atoms with Crippen LogP contribution in [0.2, 0.25) is 5.02 Å². The normalized spacial score (nSPS) is 19.0. The van der Waals surface area contributed by atoms with Gasteiger partial charge in [0, 0.05) is 22.5 Å². The van der Waals surface area contributed by atoms with E-state index in [0.29, 0.717) is 11.6 Å². The molecule has 0 spiro atoms. The first-order chi connectivity index (χ1) is 10.00. The highest BCUT2D eigenvalue weighted by Gasteiger charge is 2.51. The van der Waals surface area contributed by atoms with Gasteiger partial charge in [-0.1, -0.05) is 54.1 Å². The lowest BCUT2D eigenvalue weighted by Crippen LogP contribution is -2.49. The Balaban J connectivity index is 2.07. The van der Waals surface area contributed by atoms with E-state index < -0.39 is 11.0 Å². The molecule has 3 rings (SSSR count). The molecule has 1 unspecified atom stereocenters. The molecule has 0 bridgehead atoms. The van der Waals surface area contributed by atoms with Crippen LogP contribution in [0.4, 0.5) is 0 Å². The molecule has 0 radical (unpaired) electrons. The van der Waals surface area contributed by atoms with Crippen molar-refractivity contribution in [2.45, 2.75) is 25.4 Å². The third kappa shape index (κ3) is 2.18. The molecule has 0 saturated carbocycles. The minimum atomic E-state index is -1.07. The van der Waals surface area contributed by atoms with E-state index in [2.05, 4.69) is 12.1 Å². The average Bonchev–Trinajstić information content (AvgIpc) is 2.88. The molecule has 0 heterocycles. The van der Waals surface area contributed by atoms with Crippen molar-refractivity contribution in [3.8, 4) is 0 Å². The minimum Gasteiger partial charge on any atom is -0.385 e. The van der Waals surface area contributed by atoms with Crippen LogP contribution in [0.1, 0.15) is 23.6 Å². The van der Waals surface area contributed by atoms with E-state index in [1.165, 1.54) is 11.1 Å². The zero-order valence-electron chi connectivity index (χ0n) is 12.1. The lowest BCUT2D eigenvalue weighted by molar-refractivity contribution is -0.0674. The summed E-state index contributed by atoms with van der Waals surface area (Å²) in [6.07, 6.45) is 1.55. The van der Waals surface area contributed by atoms with E-state index in [-0.39, 0.29) is 0 Å². The second kappa shape index (κ2) is 5.13. The molecule has 0 aliphatic heterocycles. The molecule has 3 heteroatoms. The van der Waals surface area contributed by atoms with E-state index in [1.54, 1.807) is 0 Å². The van der Waals surface area contributed by atoms with Gasteiger partial charge in [-0.3, -0.25) is 0 Å². The third-order valence-electron chi connectivity index (χ3n) is 5.00. The quantitative estimate of drug-likeness (QED) is 0.914. The van der Waals surface area contributed by atoms with Crippen LogP contribution in [0.25, 0.3) is 0 Å². The number of rotatable bonds is 3. The van der Waals surface area contributed by atoms with Gasteiger partial charge in [-0.25, -0.2) is 0 Å². The van der Waals surface area contributed by atoms with Gasteiger partial charge in [0.05, 0.1) is 5.60 Å². The number of benzene rings is 2. The van der Waals surface area contributed by atoms with Gasteiger partial charge in [0.1, 0.15) is 0 Å². The topological polar surface area (TPSA) is 46.2 Å².